The minimum atomic E-state index is 0.267. The van der Waals surface area contributed by atoms with Gasteiger partial charge in [0.25, 0.3) is 0 Å². The molecule has 1 aromatic carbocycles. The summed E-state index contributed by atoms with van der Waals surface area (Å²) in [5.74, 6) is 1.34. The summed E-state index contributed by atoms with van der Waals surface area (Å²) in [5.41, 5.74) is 1.34. The molecule has 0 aliphatic heterocycles. The number of hydrogen-bond donors (Lipinski definition) is 2. The third-order valence-electron chi connectivity index (χ3n) is 4.42. The highest BCUT2D eigenvalue weighted by Gasteiger charge is 2.19. The van der Waals surface area contributed by atoms with Gasteiger partial charge < -0.3 is 10.4 Å². The number of hydrogen-bond acceptors (Lipinski definition) is 2. The summed E-state index contributed by atoms with van der Waals surface area (Å²) in [6, 6.07) is 11.2. The van der Waals surface area contributed by atoms with Crippen molar-refractivity contribution in [2.45, 2.75) is 51.0 Å². The van der Waals surface area contributed by atoms with Crippen LogP contribution in [0.15, 0.2) is 30.3 Å². The van der Waals surface area contributed by atoms with Gasteiger partial charge in [-0.15, -0.1) is 0 Å². The van der Waals surface area contributed by atoms with Gasteiger partial charge in [0.1, 0.15) is 0 Å². The number of nitrogens with one attached hydrogen (secondary N) is 1. The molecule has 1 aliphatic carbocycles. The molecule has 2 nitrogen and oxygen atoms in total. The van der Waals surface area contributed by atoms with E-state index in [9.17, 15) is 5.11 Å². The molecule has 2 rings (SSSR count). The third-order valence-corrected chi connectivity index (χ3v) is 4.42. The fourth-order valence-electron chi connectivity index (χ4n) is 3.04. The van der Waals surface area contributed by atoms with Gasteiger partial charge in [0.05, 0.1) is 0 Å². The zero-order valence-electron chi connectivity index (χ0n) is 12.0. The summed E-state index contributed by atoms with van der Waals surface area (Å²) in [7, 11) is 0. The first-order chi connectivity index (χ1) is 9.29. The molecule has 1 atom stereocenters. The van der Waals surface area contributed by atoms with Gasteiger partial charge in [-0.2, -0.15) is 0 Å². The molecule has 0 spiro atoms. The average molecular weight is 261 g/mol. The quantitative estimate of drug-likeness (QED) is 0.823. The van der Waals surface area contributed by atoms with Crippen molar-refractivity contribution < 1.29 is 5.11 Å². The Morgan fingerprint density at radius 1 is 1.16 bits per heavy atom. The fraction of sp³-hybridized carbons (Fsp3) is 0.647. The van der Waals surface area contributed by atoms with Crippen LogP contribution in [0.2, 0.25) is 0 Å². The van der Waals surface area contributed by atoms with Crippen LogP contribution in [0, 0.1) is 5.92 Å². The summed E-state index contributed by atoms with van der Waals surface area (Å²) < 4.78 is 0. The summed E-state index contributed by atoms with van der Waals surface area (Å²) in [6.45, 7) is 3.61. The van der Waals surface area contributed by atoms with Gasteiger partial charge in [-0.05, 0) is 49.5 Å². The van der Waals surface area contributed by atoms with Crippen molar-refractivity contribution in [3.63, 3.8) is 0 Å². The van der Waals surface area contributed by atoms with Gasteiger partial charge in [-0.1, -0.05) is 37.3 Å². The Morgan fingerprint density at radius 2 is 1.84 bits per heavy atom. The lowest BCUT2D eigenvalue weighted by atomic mass is 9.87. The second-order valence-electron chi connectivity index (χ2n) is 5.98. The van der Waals surface area contributed by atoms with Gasteiger partial charge >= 0.3 is 0 Å². The normalized spacial score (nSPS) is 25.2. The predicted octanol–water partition coefficient (Wildman–Crippen LogP) is 3.32. The van der Waals surface area contributed by atoms with Gasteiger partial charge in [-0.3, -0.25) is 0 Å². The van der Waals surface area contributed by atoms with Gasteiger partial charge in [0, 0.05) is 19.2 Å². The van der Waals surface area contributed by atoms with Crippen LogP contribution in [0.1, 0.15) is 50.5 Å². The van der Waals surface area contributed by atoms with Crippen LogP contribution in [0.4, 0.5) is 0 Å². The minimum absolute atomic E-state index is 0.267. The molecule has 106 valence electrons. The number of rotatable bonds is 6. The summed E-state index contributed by atoms with van der Waals surface area (Å²) in [4.78, 5) is 0. The van der Waals surface area contributed by atoms with Crippen molar-refractivity contribution >= 4 is 0 Å². The molecule has 2 N–H and O–H groups in total. The van der Waals surface area contributed by atoms with Gasteiger partial charge in [0.15, 0.2) is 0 Å². The molecule has 0 radical (unpaired) electrons. The van der Waals surface area contributed by atoms with Crippen molar-refractivity contribution in [1.82, 2.24) is 5.32 Å². The topological polar surface area (TPSA) is 32.3 Å². The standard InChI is InChI=1S/C17H27NO/c1-14-7-9-17(10-8-14)18-13-16(11-12-19)15-5-3-2-4-6-15/h2-6,14,16-19H,7-13H2,1H3. The van der Waals surface area contributed by atoms with E-state index in [2.05, 4.69) is 42.6 Å². The lowest BCUT2D eigenvalue weighted by Crippen LogP contribution is -2.35. The first kappa shape index (κ1) is 14.5. The molecule has 1 saturated carbocycles. The maximum absolute atomic E-state index is 9.24. The molecule has 1 aromatic rings. The predicted molar refractivity (Wildman–Crippen MR) is 80.3 cm³/mol. The summed E-state index contributed by atoms with van der Waals surface area (Å²) in [5, 5.41) is 13.0. The Morgan fingerprint density at radius 3 is 2.47 bits per heavy atom. The third kappa shape index (κ3) is 4.63. The van der Waals surface area contributed by atoms with E-state index in [1.165, 1.54) is 31.2 Å². The monoisotopic (exact) mass is 261 g/mol. The first-order valence-corrected chi connectivity index (χ1v) is 7.68. The number of aliphatic hydroxyl groups excluding tert-OH is 1. The molecule has 19 heavy (non-hydrogen) atoms. The van der Waals surface area contributed by atoms with Crippen molar-refractivity contribution in [2.75, 3.05) is 13.2 Å². The molecular weight excluding hydrogens is 234 g/mol. The maximum atomic E-state index is 9.24. The van der Waals surface area contributed by atoms with Gasteiger partial charge in [-0.25, -0.2) is 0 Å². The van der Waals surface area contributed by atoms with E-state index in [1.54, 1.807) is 0 Å². The second-order valence-corrected chi connectivity index (χ2v) is 5.98. The SMILES string of the molecule is CC1CCC(NCC(CCO)c2ccccc2)CC1. The smallest absolute Gasteiger partial charge is 0.0437 e. The molecule has 0 heterocycles. The van der Waals surface area contributed by atoms with Crippen molar-refractivity contribution in [2.24, 2.45) is 5.92 Å². The Kier molecular flexibility index (Phi) is 5.87. The Balaban J connectivity index is 1.84. The Labute approximate surface area is 117 Å². The molecule has 0 saturated heterocycles. The van der Waals surface area contributed by atoms with E-state index in [-0.39, 0.29) is 6.61 Å². The van der Waals surface area contributed by atoms with Crippen LogP contribution < -0.4 is 5.32 Å². The lowest BCUT2D eigenvalue weighted by Gasteiger charge is -2.29. The molecule has 1 unspecified atom stereocenters. The molecule has 2 heteroatoms. The summed E-state index contributed by atoms with van der Waals surface area (Å²) in [6.07, 6.45) is 6.17. The van der Waals surface area contributed by atoms with Crippen LogP contribution in [-0.4, -0.2) is 24.3 Å². The van der Waals surface area contributed by atoms with E-state index in [0.717, 1.165) is 18.9 Å². The average Bonchev–Trinajstić information content (AvgIpc) is 2.46. The fourth-order valence-corrected chi connectivity index (χ4v) is 3.04. The van der Waals surface area contributed by atoms with Crippen LogP contribution in [0.3, 0.4) is 0 Å². The second kappa shape index (κ2) is 7.66. The molecule has 0 aromatic heterocycles. The Hall–Kier alpha value is -0.860. The van der Waals surface area contributed by atoms with Crippen molar-refractivity contribution in [3.8, 4) is 0 Å². The van der Waals surface area contributed by atoms with Crippen LogP contribution in [0.25, 0.3) is 0 Å². The lowest BCUT2D eigenvalue weighted by molar-refractivity contribution is 0.263. The molecule has 0 amide bonds. The zero-order chi connectivity index (χ0) is 13.5. The van der Waals surface area contributed by atoms with Crippen molar-refractivity contribution in [1.29, 1.82) is 0 Å². The number of benzene rings is 1. The maximum Gasteiger partial charge on any atom is 0.0437 e. The van der Waals surface area contributed by atoms with E-state index < -0.39 is 0 Å². The molecule has 1 fully saturated rings. The zero-order valence-corrected chi connectivity index (χ0v) is 12.0. The number of aliphatic hydroxyl groups is 1. The van der Waals surface area contributed by atoms with E-state index in [4.69, 9.17) is 0 Å². The van der Waals surface area contributed by atoms with Crippen molar-refractivity contribution in [3.05, 3.63) is 35.9 Å². The highest BCUT2D eigenvalue weighted by molar-refractivity contribution is 5.19. The van der Waals surface area contributed by atoms with E-state index >= 15 is 0 Å². The van der Waals surface area contributed by atoms with Crippen LogP contribution in [0.5, 0.6) is 0 Å². The molecular formula is C17H27NO. The van der Waals surface area contributed by atoms with Gasteiger partial charge in [0.2, 0.25) is 0 Å². The largest absolute Gasteiger partial charge is 0.396 e. The van der Waals surface area contributed by atoms with Crippen LogP contribution >= 0.6 is 0 Å². The molecule has 1 aliphatic rings. The molecule has 0 bridgehead atoms. The minimum Gasteiger partial charge on any atom is -0.396 e. The summed E-state index contributed by atoms with van der Waals surface area (Å²) >= 11 is 0. The van der Waals surface area contributed by atoms with E-state index in [0.29, 0.717) is 12.0 Å². The Bertz CT molecular complexity index is 344. The first-order valence-electron chi connectivity index (χ1n) is 7.68. The highest BCUT2D eigenvalue weighted by atomic mass is 16.3. The van der Waals surface area contributed by atoms with E-state index in [1.807, 2.05) is 0 Å². The van der Waals surface area contributed by atoms with Crippen LogP contribution in [-0.2, 0) is 0 Å². The highest BCUT2D eigenvalue weighted by Crippen LogP contribution is 2.24.